The van der Waals surface area contributed by atoms with Crippen molar-refractivity contribution in [2.24, 2.45) is 5.41 Å². The van der Waals surface area contributed by atoms with E-state index in [9.17, 15) is 9.90 Å². The van der Waals surface area contributed by atoms with Crippen LogP contribution in [0, 0.1) is 5.41 Å². The highest BCUT2D eigenvalue weighted by molar-refractivity contribution is 7.80. The second-order valence-electron chi connectivity index (χ2n) is 2.90. The van der Waals surface area contributed by atoms with Crippen LogP contribution in [0.5, 0.6) is 0 Å². The third-order valence-corrected chi connectivity index (χ3v) is 2.85. The van der Waals surface area contributed by atoms with Gasteiger partial charge in [0.2, 0.25) is 0 Å². The van der Waals surface area contributed by atoms with Crippen molar-refractivity contribution in [2.45, 2.75) is 12.5 Å². The van der Waals surface area contributed by atoms with Crippen molar-refractivity contribution in [2.75, 3.05) is 19.0 Å². The van der Waals surface area contributed by atoms with Crippen molar-refractivity contribution in [3.8, 4) is 0 Å². The predicted octanol–water partition coefficient (Wildman–Crippen LogP) is -0.797. The van der Waals surface area contributed by atoms with E-state index >= 15 is 0 Å². The largest absolute Gasteiger partial charge is 0.465 e. The van der Waals surface area contributed by atoms with Gasteiger partial charge in [-0.1, -0.05) is 0 Å². The topological polar surface area (TPSA) is 66.8 Å². The van der Waals surface area contributed by atoms with Crippen LogP contribution in [-0.2, 0) is 9.53 Å². The van der Waals surface area contributed by atoms with Crippen molar-refractivity contribution < 1.29 is 19.7 Å². The molecule has 2 atom stereocenters. The van der Waals surface area contributed by atoms with Gasteiger partial charge in [0.15, 0.2) is 0 Å². The molecule has 1 saturated heterocycles. The highest BCUT2D eigenvalue weighted by Gasteiger charge is 2.48. The maximum atomic E-state index is 11.2. The van der Waals surface area contributed by atoms with Crippen LogP contribution in [0.2, 0.25) is 0 Å². The highest BCUT2D eigenvalue weighted by Crippen LogP contribution is 2.34. The van der Waals surface area contributed by atoms with E-state index in [1.807, 2.05) is 0 Å². The van der Waals surface area contributed by atoms with E-state index in [4.69, 9.17) is 9.84 Å². The molecule has 0 bridgehead atoms. The summed E-state index contributed by atoms with van der Waals surface area (Å²) in [4.78, 5) is 11.2. The molecular formula is C7H12O4S. The summed E-state index contributed by atoms with van der Waals surface area (Å²) in [5.74, 6) is -0.257. The fraction of sp³-hybridized carbons (Fsp3) is 0.857. The Morgan fingerprint density at radius 1 is 1.75 bits per heavy atom. The van der Waals surface area contributed by atoms with E-state index in [-0.39, 0.29) is 5.75 Å². The summed E-state index contributed by atoms with van der Waals surface area (Å²) in [6, 6.07) is 0. The summed E-state index contributed by atoms with van der Waals surface area (Å²) in [5, 5.41) is 18.1. The van der Waals surface area contributed by atoms with Crippen LogP contribution in [0.3, 0.4) is 0 Å². The lowest BCUT2D eigenvalue weighted by atomic mass is 9.83. The molecule has 70 valence electrons. The second-order valence-corrected chi connectivity index (χ2v) is 3.21. The van der Waals surface area contributed by atoms with Gasteiger partial charge in [-0.25, -0.2) is 0 Å². The Bertz CT molecular complexity index is 184. The molecule has 0 amide bonds. The molecule has 0 aliphatic carbocycles. The Labute approximate surface area is 75.9 Å². The van der Waals surface area contributed by atoms with E-state index in [0.29, 0.717) is 13.0 Å². The monoisotopic (exact) mass is 192 g/mol. The quantitative estimate of drug-likeness (QED) is 0.404. The fourth-order valence-corrected chi connectivity index (χ4v) is 1.80. The molecule has 1 heterocycles. The number of carbonyl (C=O) groups excluding carboxylic acids is 1. The number of aliphatic hydroxyl groups is 2. The average molecular weight is 192 g/mol. The number of ether oxygens (including phenoxy) is 1. The zero-order valence-corrected chi connectivity index (χ0v) is 7.46. The van der Waals surface area contributed by atoms with Gasteiger partial charge in [-0.05, 0) is 0 Å². The number of cyclic esters (lactones) is 1. The van der Waals surface area contributed by atoms with E-state index in [1.165, 1.54) is 0 Å². The van der Waals surface area contributed by atoms with Gasteiger partial charge in [0.25, 0.3) is 0 Å². The molecule has 0 aromatic carbocycles. The number of esters is 1. The molecule has 0 radical (unpaired) electrons. The first-order valence-corrected chi connectivity index (χ1v) is 4.37. The number of rotatable bonds is 3. The van der Waals surface area contributed by atoms with Crippen LogP contribution in [0.15, 0.2) is 0 Å². The van der Waals surface area contributed by atoms with Crippen LogP contribution in [0.25, 0.3) is 0 Å². The lowest BCUT2D eigenvalue weighted by Gasteiger charge is -2.26. The Morgan fingerprint density at radius 2 is 2.42 bits per heavy atom. The van der Waals surface area contributed by atoms with Crippen molar-refractivity contribution >= 4 is 18.6 Å². The normalized spacial score (nSPS) is 31.8. The number of carbonyl (C=O) groups is 1. The summed E-state index contributed by atoms with van der Waals surface area (Å²) in [6.45, 7) is -0.133. The summed E-state index contributed by atoms with van der Waals surface area (Å²) < 4.78 is 4.72. The van der Waals surface area contributed by atoms with Gasteiger partial charge in [0.05, 0.1) is 19.3 Å². The molecule has 0 spiro atoms. The first-order valence-electron chi connectivity index (χ1n) is 3.74. The van der Waals surface area contributed by atoms with Gasteiger partial charge >= 0.3 is 5.97 Å². The van der Waals surface area contributed by atoms with Gasteiger partial charge in [-0.15, -0.1) is 0 Å². The van der Waals surface area contributed by atoms with Crippen molar-refractivity contribution in [3.05, 3.63) is 0 Å². The summed E-state index contributed by atoms with van der Waals surface area (Å²) in [5.41, 5.74) is -0.988. The molecule has 5 heteroatoms. The minimum atomic E-state index is -1.06. The molecule has 0 saturated carbocycles. The van der Waals surface area contributed by atoms with Crippen LogP contribution in [-0.4, -0.2) is 41.3 Å². The van der Waals surface area contributed by atoms with Crippen LogP contribution < -0.4 is 0 Å². The molecule has 1 rings (SSSR count). The third kappa shape index (κ3) is 1.32. The first kappa shape index (κ1) is 9.83. The second kappa shape index (κ2) is 3.64. The van der Waals surface area contributed by atoms with Crippen LogP contribution in [0.1, 0.15) is 6.42 Å². The van der Waals surface area contributed by atoms with Crippen molar-refractivity contribution in [1.29, 1.82) is 0 Å². The van der Waals surface area contributed by atoms with Crippen LogP contribution in [0.4, 0.5) is 0 Å². The average Bonchev–Trinajstić information content (AvgIpc) is 2.46. The van der Waals surface area contributed by atoms with E-state index < -0.39 is 24.1 Å². The molecule has 1 aliphatic rings. The van der Waals surface area contributed by atoms with Gasteiger partial charge in [-0.2, -0.15) is 12.6 Å². The molecule has 0 aromatic heterocycles. The Balaban J connectivity index is 2.80. The Hall–Kier alpha value is -0.260. The molecule has 4 nitrogen and oxygen atoms in total. The SMILES string of the molecule is O=C1OCC[C@@]1(CS)[C@@H](O)CO. The maximum absolute atomic E-state index is 11.2. The molecule has 12 heavy (non-hydrogen) atoms. The summed E-state index contributed by atoms with van der Waals surface area (Å²) in [7, 11) is 0. The number of aliphatic hydroxyl groups excluding tert-OH is 2. The Kier molecular flexibility index (Phi) is 2.98. The number of thiol groups is 1. The van der Waals surface area contributed by atoms with E-state index in [1.54, 1.807) is 0 Å². The minimum Gasteiger partial charge on any atom is -0.465 e. The van der Waals surface area contributed by atoms with Crippen molar-refractivity contribution in [1.82, 2.24) is 0 Å². The smallest absolute Gasteiger partial charge is 0.315 e. The van der Waals surface area contributed by atoms with Gasteiger partial charge in [-0.3, -0.25) is 4.79 Å². The summed E-state index contributed by atoms with van der Waals surface area (Å²) in [6.07, 6.45) is -0.637. The summed E-state index contributed by atoms with van der Waals surface area (Å²) >= 11 is 3.98. The molecule has 0 aromatic rings. The first-order chi connectivity index (χ1) is 5.67. The third-order valence-electron chi connectivity index (χ3n) is 2.28. The molecule has 1 fully saturated rings. The molecular weight excluding hydrogens is 180 g/mol. The standard InChI is InChI=1S/C7H12O4S/c8-3-5(9)7(4-12)1-2-11-6(7)10/h5,8-9,12H,1-4H2/t5-,7+/m0/s1. The maximum Gasteiger partial charge on any atom is 0.315 e. The van der Waals surface area contributed by atoms with Gasteiger partial charge in [0, 0.05) is 12.2 Å². The van der Waals surface area contributed by atoms with Gasteiger partial charge in [0.1, 0.15) is 5.41 Å². The van der Waals surface area contributed by atoms with Gasteiger partial charge < -0.3 is 14.9 Å². The molecule has 0 unspecified atom stereocenters. The number of hydrogen-bond donors (Lipinski definition) is 3. The van der Waals surface area contributed by atoms with Crippen LogP contribution >= 0.6 is 12.6 Å². The highest BCUT2D eigenvalue weighted by atomic mass is 32.1. The fourth-order valence-electron chi connectivity index (χ4n) is 1.30. The predicted molar refractivity (Wildman–Crippen MR) is 45.0 cm³/mol. The minimum absolute atomic E-state index is 0.202. The van der Waals surface area contributed by atoms with E-state index in [2.05, 4.69) is 12.6 Å². The van der Waals surface area contributed by atoms with Crippen molar-refractivity contribution in [3.63, 3.8) is 0 Å². The lowest BCUT2D eigenvalue weighted by Crippen LogP contribution is -2.43. The number of hydrogen-bond acceptors (Lipinski definition) is 5. The Morgan fingerprint density at radius 3 is 2.75 bits per heavy atom. The molecule has 2 N–H and O–H groups in total. The zero-order valence-electron chi connectivity index (χ0n) is 6.56. The lowest BCUT2D eigenvalue weighted by molar-refractivity contribution is -0.151. The van der Waals surface area contributed by atoms with E-state index in [0.717, 1.165) is 0 Å². The molecule has 1 aliphatic heterocycles. The zero-order chi connectivity index (χ0) is 9.19.